The maximum Gasteiger partial charge on any atom is 0.416 e. The molecule has 2 N–H and O–H groups in total. The minimum atomic E-state index is -4.42. The number of nitrogens with one attached hydrogen (secondary N) is 1. The number of hydrogen-bond donors (Lipinski definition) is 2. The molecule has 2 aromatic rings. The van der Waals surface area contributed by atoms with Crippen LogP contribution in [0.1, 0.15) is 34.3 Å². The lowest BCUT2D eigenvalue weighted by molar-refractivity contribution is -0.137. The maximum atomic E-state index is 12.5. The van der Waals surface area contributed by atoms with Crippen LogP contribution < -0.4 is 10.1 Å². The SMILES string of the molecule is Cc1cc(O)cc(Cl)c1OCCCCNC(=O)c1ccc(C(F)(F)F)cc1. The Labute approximate surface area is 159 Å². The fraction of sp³-hybridized carbons (Fsp3) is 0.316. The summed E-state index contributed by atoms with van der Waals surface area (Å²) in [6.07, 6.45) is -3.15. The van der Waals surface area contributed by atoms with E-state index < -0.39 is 17.6 Å². The molecule has 0 aromatic heterocycles. The van der Waals surface area contributed by atoms with Crippen LogP contribution in [0, 0.1) is 6.92 Å². The lowest BCUT2D eigenvalue weighted by Crippen LogP contribution is -2.24. The molecule has 4 nitrogen and oxygen atoms in total. The fourth-order valence-electron chi connectivity index (χ4n) is 2.41. The summed E-state index contributed by atoms with van der Waals surface area (Å²) in [7, 11) is 0. The molecule has 0 atom stereocenters. The molecule has 0 aliphatic rings. The molecule has 0 unspecified atom stereocenters. The van der Waals surface area contributed by atoms with Crippen LogP contribution in [-0.4, -0.2) is 24.2 Å². The van der Waals surface area contributed by atoms with Crippen LogP contribution in [0.25, 0.3) is 0 Å². The van der Waals surface area contributed by atoms with E-state index in [1.165, 1.54) is 6.07 Å². The van der Waals surface area contributed by atoms with Gasteiger partial charge in [0, 0.05) is 18.2 Å². The number of rotatable bonds is 7. The first-order valence-corrected chi connectivity index (χ1v) is 8.63. The molecular formula is C19H19ClF3NO3. The number of alkyl halides is 3. The van der Waals surface area contributed by atoms with E-state index in [1.54, 1.807) is 13.0 Å². The van der Waals surface area contributed by atoms with Gasteiger partial charge < -0.3 is 15.2 Å². The van der Waals surface area contributed by atoms with Crippen molar-refractivity contribution in [2.45, 2.75) is 25.9 Å². The Morgan fingerprint density at radius 3 is 2.44 bits per heavy atom. The Kier molecular flexibility index (Phi) is 6.96. The number of amides is 1. The van der Waals surface area contributed by atoms with E-state index in [2.05, 4.69) is 5.32 Å². The van der Waals surface area contributed by atoms with Gasteiger partial charge in [0.25, 0.3) is 5.91 Å². The smallest absolute Gasteiger partial charge is 0.416 e. The number of aromatic hydroxyl groups is 1. The second kappa shape index (κ2) is 8.99. The number of carbonyl (C=O) groups excluding carboxylic acids is 1. The van der Waals surface area contributed by atoms with Crippen LogP contribution in [0.5, 0.6) is 11.5 Å². The van der Waals surface area contributed by atoms with Crippen molar-refractivity contribution < 1.29 is 27.8 Å². The maximum absolute atomic E-state index is 12.5. The van der Waals surface area contributed by atoms with E-state index in [-0.39, 0.29) is 11.3 Å². The second-order valence-corrected chi connectivity index (χ2v) is 6.37. The standard InChI is InChI=1S/C19H19ClF3NO3/c1-12-10-15(25)11-16(20)17(12)27-9-3-2-8-24-18(26)13-4-6-14(7-5-13)19(21,22)23/h4-7,10-11,25H,2-3,8-9H2,1H3,(H,24,26). The number of benzene rings is 2. The van der Waals surface area contributed by atoms with Gasteiger partial charge in [-0.1, -0.05) is 11.6 Å². The molecule has 146 valence electrons. The van der Waals surface area contributed by atoms with Crippen molar-refractivity contribution in [3.8, 4) is 11.5 Å². The molecule has 2 aromatic carbocycles. The second-order valence-electron chi connectivity index (χ2n) is 5.96. The number of aryl methyl sites for hydroxylation is 1. The van der Waals surface area contributed by atoms with E-state index in [4.69, 9.17) is 16.3 Å². The van der Waals surface area contributed by atoms with E-state index >= 15 is 0 Å². The number of hydrogen-bond acceptors (Lipinski definition) is 3. The molecule has 0 fully saturated rings. The zero-order chi connectivity index (χ0) is 20.0. The largest absolute Gasteiger partial charge is 0.508 e. The monoisotopic (exact) mass is 401 g/mol. The summed E-state index contributed by atoms with van der Waals surface area (Å²) in [6, 6.07) is 7.01. The molecule has 8 heteroatoms. The van der Waals surface area contributed by atoms with Crippen molar-refractivity contribution in [2.24, 2.45) is 0 Å². The lowest BCUT2D eigenvalue weighted by Gasteiger charge is -2.12. The number of phenols is 1. The van der Waals surface area contributed by atoms with Crippen LogP contribution in [0.4, 0.5) is 13.2 Å². The predicted molar refractivity (Wildman–Crippen MR) is 96.4 cm³/mol. The highest BCUT2D eigenvalue weighted by Gasteiger charge is 2.30. The van der Waals surface area contributed by atoms with Crippen LogP contribution in [0.3, 0.4) is 0 Å². The summed E-state index contributed by atoms with van der Waals surface area (Å²) in [5, 5.41) is 12.4. The summed E-state index contributed by atoms with van der Waals surface area (Å²) < 4.78 is 43.1. The summed E-state index contributed by atoms with van der Waals surface area (Å²) in [5.74, 6) is 0.140. The van der Waals surface area contributed by atoms with Gasteiger partial charge in [-0.25, -0.2) is 0 Å². The molecule has 0 aliphatic carbocycles. The van der Waals surface area contributed by atoms with E-state index in [0.717, 1.165) is 29.8 Å². The molecular weight excluding hydrogens is 383 g/mol. The molecule has 0 bridgehead atoms. The van der Waals surface area contributed by atoms with Crippen LogP contribution in [-0.2, 0) is 6.18 Å². The third kappa shape index (κ3) is 6.06. The third-order valence-corrected chi connectivity index (χ3v) is 4.07. The Morgan fingerprint density at radius 1 is 1.19 bits per heavy atom. The zero-order valence-corrected chi connectivity index (χ0v) is 15.3. The van der Waals surface area contributed by atoms with Crippen molar-refractivity contribution in [3.63, 3.8) is 0 Å². The first kappa shape index (κ1) is 20.9. The Morgan fingerprint density at radius 2 is 1.85 bits per heavy atom. The summed E-state index contributed by atoms with van der Waals surface area (Å²) >= 11 is 6.01. The van der Waals surface area contributed by atoms with E-state index in [9.17, 15) is 23.1 Å². The minimum Gasteiger partial charge on any atom is -0.508 e. The number of unbranched alkanes of at least 4 members (excludes halogenated alkanes) is 1. The van der Waals surface area contributed by atoms with Gasteiger partial charge in [0.1, 0.15) is 11.5 Å². The average Bonchev–Trinajstić information content (AvgIpc) is 2.58. The normalized spacial score (nSPS) is 11.3. The van der Waals surface area contributed by atoms with Gasteiger partial charge in [0.15, 0.2) is 0 Å². The van der Waals surface area contributed by atoms with Crippen LogP contribution in [0.15, 0.2) is 36.4 Å². The Hall–Kier alpha value is -2.41. The molecule has 27 heavy (non-hydrogen) atoms. The Balaban J connectivity index is 1.72. The topological polar surface area (TPSA) is 58.6 Å². The number of phenolic OH excluding ortho intramolecular Hbond substituents is 1. The number of halogens is 4. The molecule has 0 saturated carbocycles. The molecule has 0 aliphatic heterocycles. The van der Waals surface area contributed by atoms with Gasteiger partial charge in [0.2, 0.25) is 0 Å². The molecule has 0 saturated heterocycles. The van der Waals surface area contributed by atoms with Gasteiger partial charge >= 0.3 is 6.18 Å². The average molecular weight is 402 g/mol. The van der Waals surface area contributed by atoms with Crippen LogP contribution >= 0.6 is 11.6 Å². The predicted octanol–water partition coefficient (Wildman–Crippen LogP) is 4.96. The van der Waals surface area contributed by atoms with Crippen molar-refractivity contribution in [1.82, 2.24) is 5.32 Å². The molecule has 0 heterocycles. The van der Waals surface area contributed by atoms with Crippen molar-refractivity contribution >= 4 is 17.5 Å². The number of ether oxygens (including phenoxy) is 1. The number of carbonyl (C=O) groups is 1. The molecule has 0 spiro atoms. The first-order chi connectivity index (χ1) is 12.7. The van der Waals surface area contributed by atoms with Crippen LogP contribution in [0.2, 0.25) is 5.02 Å². The summed E-state index contributed by atoms with van der Waals surface area (Å²) in [5.41, 5.74) is 0.0979. The van der Waals surface area contributed by atoms with Crippen molar-refractivity contribution in [1.29, 1.82) is 0 Å². The highest BCUT2D eigenvalue weighted by atomic mass is 35.5. The van der Waals surface area contributed by atoms with E-state index in [0.29, 0.717) is 36.8 Å². The molecule has 0 radical (unpaired) electrons. The minimum absolute atomic E-state index is 0.0656. The Bertz CT molecular complexity index is 769. The third-order valence-electron chi connectivity index (χ3n) is 3.79. The molecule has 1 amide bonds. The van der Waals surface area contributed by atoms with Gasteiger partial charge in [-0.3, -0.25) is 4.79 Å². The summed E-state index contributed by atoms with van der Waals surface area (Å²) in [4.78, 5) is 11.9. The fourth-order valence-corrected chi connectivity index (χ4v) is 2.73. The van der Waals surface area contributed by atoms with Gasteiger partial charge in [-0.05, 0) is 55.7 Å². The zero-order valence-electron chi connectivity index (χ0n) is 14.6. The van der Waals surface area contributed by atoms with Crippen molar-refractivity contribution in [2.75, 3.05) is 13.2 Å². The van der Waals surface area contributed by atoms with Gasteiger partial charge in [-0.15, -0.1) is 0 Å². The molecule has 2 rings (SSSR count). The van der Waals surface area contributed by atoms with Gasteiger partial charge in [0.05, 0.1) is 17.2 Å². The highest BCUT2D eigenvalue weighted by molar-refractivity contribution is 6.32. The van der Waals surface area contributed by atoms with Crippen molar-refractivity contribution in [3.05, 3.63) is 58.1 Å². The summed E-state index contributed by atoms with van der Waals surface area (Å²) in [6.45, 7) is 2.51. The quantitative estimate of drug-likeness (QED) is 0.644. The first-order valence-electron chi connectivity index (χ1n) is 8.26. The van der Waals surface area contributed by atoms with E-state index in [1.807, 2.05) is 0 Å². The lowest BCUT2D eigenvalue weighted by atomic mass is 10.1. The van der Waals surface area contributed by atoms with Gasteiger partial charge in [-0.2, -0.15) is 13.2 Å². The highest BCUT2D eigenvalue weighted by Crippen LogP contribution is 2.32.